The largest absolute Gasteiger partial charge is 0.426 e. The second kappa shape index (κ2) is 6.95. The highest BCUT2D eigenvalue weighted by Crippen LogP contribution is 2.57. The fraction of sp³-hybridized carbons (Fsp3) is 0.545. The summed E-state index contributed by atoms with van der Waals surface area (Å²) in [6, 6.07) is 5.86. The monoisotopic (exact) mass is 418 g/mol. The third-order valence-electron chi connectivity index (χ3n) is 5.53. The third kappa shape index (κ3) is 3.40. The van der Waals surface area contributed by atoms with Crippen molar-refractivity contribution < 1.29 is 14.3 Å². The van der Waals surface area contributed by atoms with Crippen molar-refractivity contribution in [3.63, 3.8) is 0 Å². The van der Waals surface area contributed by atoms with Crippen LogP contribution in [0.2, 0.25) is 0 Å². The number of halogens is 1. The van der Waals surface area contributed by atoms with Crippen molar-refractivity contribution in [3.05, 3.63) is 33.8 Å². The summed E-state index contributed by atoms with van der Waals surface area (Å²) in [5, 5.41) is 0. The molecule has 0 fully saturated rings. The summed E-state index contributed by atoms with van der Waals surface area (Å²) in [7, 11) is 0. The molecular formula is C22H27BrO3. The molecule has 0 aliphatic heterocycles. The quantitative estimate of drug-likeness (QED) is 0.455. The van der Waals surface area contributed by atoms with Crippen LogP contribution in [0, 0.1) is 10.8 Å². The van der Waals surface area contributed by atoms with Crippen LogP contribution in [0.1, 0.15) is 70.9 Å². The highest BCUT2D eigenvalue weighted by atomic mass is 79.9. The van der Waals surface area contributed by atoms with Gasteiger partial charge in [0.25, 0.3) is 0 Å². The van der Waals surface area contributed by atoms with E-state index in [0.29, 0.717) is 12.2 Å². The normalized spacial score (nSPS) is 22.3. The summed E-state index contributed by atoms with van der Waals surface area (Å²) in [4.78, 5) is 24.5. The van der Waals surface area contributed by atoms with Crippen LogP contribution in [0.3, 0.4) is 0 Å². The minimum absolute atomic E-state index is 0.0394. The van der Waals surface area contributed by atoms with Gasteiger partial charge in [0.15, 0.2) is 5.78 Å². The first-order chi connectivity index (χ1) is 12.2. The van der Waals surface area contributed by atoms with Gasteiger partial charge in [-0.15, -0.1) is 0 Å². The SMILES string of the molecule is CCCCC12CCC(=O)C(Br)=C1c1ccc(OC(=O)C(C)(C)C)cc1C2. The Morgan fingerprint density at radius 1 is 1.31 bits per heavy atom. The van der Waals surface area contributed by atoms with Gasteiger partial charge in [-0.2, -0.15) is 0 Å². The zero-order valence-corrected chi connectivity index (χ0v) is 17.7. The average molecular weight is 419 g/mol. The fourth-order valence-electron chi connectivity index (χ4n) is 4.04. The number of fused-ring (bicyclic) bond motifs is 3. The number of hydrogen-bond acceptors (Lipinski definition) is 3. The van der Waals surface area contributed by atoms with Crippen LogP contribution in [-0.4, -0.2) is 11.8 Å². The van der Waals surface area contributed by atoms with Gasteiger partial charge in [0.1, 0.15) is 5.75 Å². The Morgan fingerprint density at radius 3 is 2.69 bits per heavy atom. The third-order valence-corrected chi connectivity index (χ3v) is 6.37. The van der Waals surface area contributed by atoms with Gasteiger partial charge in [0.05, 0.1) is 9.90 Å². The number of allylic oxidation sites excluding steroid dienone is 2. The predicted octanol–water partition coefficient (Wildman–Crippen LogP) is 5.84. The van der Waals surface area contributed by atoms with Crippen molar-refractivity contribution >= 4 is 33.3 Å². The van der Waals surface area contributed by atoms with Gasteiger partial charge in [-0.25, -0.2) is 0 Å². The van der Waals surface area contributed by atoms with E-state index < -0.39 is 5.41 Å². The van der Waals surface area contributed by atoms with E-state index in [4.69, 9.17) is 4.74 Å². The number of hydrogen-bond donors (Lipinski definition) is 0. The van der Waals surface area contributed by atoms with Gasteiger partial charge >= 0.3 is 5.97 Å². The lowest BCUT2D eigenvalue weighted by molar-refractivity contribution is -0.143. The van der Waals surface area contributed by atoms with E-state index in [2.05, 4.69) is 22.9 Å². The molecule has 4 heteroatoms. The van der Waals surface area contributed by atoms with Crippen molar-refractivity contribution in [2.45, 2.75) is 66.2 Å². The summed E-state index contributed by atoms with van der Waals surface area (Å²) in [5.74, 6) is 0.559. The molecule has 1 unspecified atom stereocenters. The number of esters is 1. The van der Waals surface area contributed by atoms with E-state index in [1.807, 2.05) is 39.0 Å². The summed E-state index contributed by atoms with van der Waals surface area (Å²) in [5.41, 5.74) is 3.00. The van der Waals surface area contributed by atoms with Gasteiger partial charge in [0.2, 0.25) is 0 Å². The molecule has 3 rings (SSSR count). The maximum Gasteiger partial charge on any atom is 0.316 e. The molecule has 140 valence electrons. The molecule has 0 saturated heterocycles. The maximum atomic E-state index is 12.3. The molecule has 1 aromatic rings. The van der Waals surface area contributed by atoms with Crippen molar-refractivity contribution in [3.8, 4) is 5.75 Å². The van der Waals surface area contributed by atoms with Crippen molar-refractivity contribution in [2.24, 2.45) is 10.8 Å². The minimum Gasteiger partial charge on any atom is -0.426 e. The molecular weight excluding hydrogens is 392 g/mol. The van der Waals surface area contributed by atoms with Crippen LogP contribution < -0.4 is 4.74 Å². The molecule has 0 heterocycles. The van der Waals surface area contributed by atoms with E-state index in [0.717, 1.165) is 42.1 Å². The summed E-state index contributed by atoms with van der Waals surface area (Å²) < 4.78 is 6.33. The van der Waals surface area contributed by atoms with E-state index in [-0.39, 0.29) is 17.2 Å². The predicted molar refractivity (Wildman–Crippen MR) is 107 cm³/mol. The van der Waals surface area contributed by atoms with Crippen molar-refractivity contribution in [2.75, 3.05) is 0 Å². The molecule has 1 atom stereocenters. The highest BCUT2D eigenvalue weighted by Gasteiger charge is 2.46. The van der Waals surface area contributed by atoms with Gasteiger partial charge in [0, 0.05) is 11.8 Å². The number of Topliss-reactive ketones (excluding diaryl/α,β-unsaturated/α-hetero) is 1. The van der Waals surface area contributed by atoms with Gasteiger partial charge in [-0.3, -0.25) is 9.59 Å². The van der Waals surface area contributed by atoms with Gasteiger partial charge in [-0.1, -0.05) is 25.8 Å². The Labute approximate surface area is 164 Å². The molecule has 0 spiro atoms. The second-order valence-corrected chi connectivity index (χ2v) is 9.42. The Morgan fingerprint density at radius 2 is 2.04 bits per heavy atom. The first kappa shape index (κ1) is 19.3. The Balaban J connectivity index is 1.99. The van der Waals surface area contributed by atoms with Crippen LogP contribution >= 0.6 is 15.9 Å². The second-order valence-electron chi connectivity index (χ2n) is 8.63. The average Bonchev–Trinajstić information content (AvgIpc) is 2.90. The van der Waals surface area contributed by atoms with Crippen LogP contribution in [0.4, 0.5) is 0 Å². The van der Waals surface area contributed by atoms with E-state index in [1.165, 1.54) is 11.1 Å². The van der Waals surface area contributed by atoms with Gasteiger partial charge < -0.3 is 4.74 Å². The minimum atomic E-state index is -0.534. The van der Waals surface area contributed by atoms with Crippen LogP contribution in [0.25, 0.3) is 5.57 Å². The molecule has 1 aromatic carbocycles. The van der Waals surface area contributed by atoms with Crippen molar-refractivity contribution in [1.82, 2.24) is 0 Å². The number of carbonyl (C=O) groups excluding carboxylic acids is 2. The molecule has 0 radical (unpaired) electrons. The van der Waals surface area contributed by atoms with Crippen molar-refractivity contribution in [1.29, 1.82) is 0 Å². The number of carbonyl (C=O) groups is 2. The standard InChI is InChI=1S/C22H27BrO3/c1-5-6-10-22-11-9-17(24)19(23)18(22)16-8-7-15(12-14(16)13-22)26-20(25)21(2,3)4/h7-8,12H,5-6,9-11,13H2,1-4H3. The molecule has 26 heavy (non-hydrogen) atoms. The number of benzene rings is 1. The number of unbranched alkanes of at least 4 members (excludes halogenated alkanes) is 1. The zero-order chi connectivity index (χ0) is 19.1. The lowest BCUT2D eigenvalue weighted by Crippen LogP contribution is -2.27. The molecule has 0 saturated carbocycles. The molecule has 2 aliphatic carbocycles. The van der Waals surface area contributed by atoms with E-state index in [9.17, 15) is 9.59 Å². The lowest BCUT2D eigenvalue weighted by atomic mass is 9.69. The molecule has 2 aliphatic rings. The highest BCUT2D eigenvalue weighted by molar-refractivity contribution is 9.12. The van der Waals surface area contributed by atoms with Gasteiger partial charge in [-0.05, 0) is 84.8 Å². The molecule has 0 bridgehead atoms. The van der Waals surface area contributed by atoms with Crippen LogP contribution in [-0.2, 0) is 16.0 Å². The number of rotatable bonds is 4. The molecule has 0 aromatic heterocycles. The Bertz CT molecular complexity index is 785. The first-order valence-corrected chi connectivity index (χ1v) is 10.3. The summed E-state index contributed by atoms with van der Waals surface area (Å²) >= 11 is 3.59. The van der Waals surface area contributed by atoms with Crippen LogP contribution in [0.15, 0.2) is 22.7 Å². The van der Waals surface area contributed by atoms with E-state index >= 15 is 0 Å². The number of ketones is 1. The molecule has 3 nitrogen and oxygen atoms in total. The zero-order valence-electron chi connectivity index (χ0n) is 16.1. The Kier molecular flexibility index (Phi) is 5.17. The molecule has 0 N–H and O–H groups in total. The summed E-state index contributed by atoms with van der Waals surface area (Å²) in [6.45, 7) is 7.76. The smallest absolute Gasteiger partial charge is 0.316 e. The fourth-order valence-corrected chi connectivity index (χ4v) is 4.87. The van der Waals surface area contributed by atoms with E-state index in [1.54, 1.807) is 0 Å². The molecule has 0 amide bonds. The summed E-state index contributed by atoms with van der Waals surface area (Å²) in [6.07, 6.45) is 5.81. The maximum absolute atomic E-state index is 12.3. The Hall–Kier alpha value is -1.42. The topological polar surface area (TPSA) is 43.4 Å². The van der Waals surface area contributed by atoms with Crippen LogP contribution in [0.5, 0.6) is 5.75 Å². The number of ether oxygens (including phenoxy) is 1. The lowest BCUT2D eigenvalue weighted by Gasteiger charge is -2.35. The first-order valence-electron chi connectivity index (χ1n) is 9.47.